The zero-order valence-corrected chi connectivity index (χ0v) is 15.7. The van der Waals surface area contributed by atoms with Gasteiger partial charge in [0.05, 0.1) is 17.4 Å². The maximum Gasteiger partial charge on any atom is 0.127 e. The molecule has 3 rings (SSSR count). The molecule has 0 N–H and O–H groups in total. The van der Waals surface area contributed by atoms with E-state index in [0.29, 0.717) is 0 Å². The first-order valence-corrected chi connectivity index (χ1v) is 9.77. The molecule has 1 heterocycles. The van der Waals surface area contributed by atoms with E-state index in [9.17, 15) is 10.5 Å². The maximum absolute atomic E-state index is 9.27. The van der Waals surface area contributed by atoms with Crippen molar-refractivity contribution in [3.63, 3.8) is 0 Å². The topological polar surface area (TPSA) is 50.8 Å². The molecule has 0 aliphatic carbocycles. The van der Waals surface area contributed by atoms with Crippen LogP contribution in [0.5, 0.6) is 0 Å². The molecule has 0 bridgehead atoms. The molecule has 1 aliphatic heterocycles. The highest BCUT2D eigenvalue weighted by Crippen LogP contribution is 2.49. The van der Waals surface area contributed by atoms with Crippen LogP contribution >= 0.6 is 11.8 Å². The molecule has 0 aromatic heterocycles. The van der Waals surface area contributed by atoms with E-state index < -0.39 is 0 Å². The highest BCUT2D eigenvalue weighted by Gasteiger charge is 2.28. The van der Waals surface area contributed by atoms with E-state index in [1.165, 1.54) is 9.79 Å². The second-order valence-electron chi connectivity index (χ2n) is 6.27. The van der Waals surface area contributed by atoms with Crippen molar-refractivity contribution in [1.82, 2.24) is 0 Å². The highest BCUT2D eigenvalue weighted by atomic mass is 32.2. The lowest BCUT2D eigenvalue weighted by molar-refractivity contribution is 0.609. The summed E-state index contributed by atoms with van der Waals surface area (Å²) in [5.41, 5.74) is 2.47. The number of rotatable bonds is 6. The van der Waals surface area contributed by atoms with E-state index in [1.807, 2.05) is 30.3 Å². The number of nitriles is 2. The van der Waals surface area contributed by atoms with Crippen LogP contribution in [0.3, 0.4) is 0 Å². The van der Waals surface area contributed by atoms with E-state index in [4.69, 9.17) is 0 Å². The number of fused-ring (bicyclic) bond motifs is 2. The van der Waals surface area contributed by atoms with E-state index in [0.717, 1.165) is 37.1 Å². The van der Waals surface area contributed by atoms with Gasteiger partial charge in [0, 0.05) is 9.79 Å². The Hall–Kier alpha value is -2.69. The number of para-hydroxylation sites is 2. The quantitative estimate of drug-likeness (QED) is 0.454. The average molecular weight is 359 g/mol. The minimum absolute atomic E-state index is 0.0148. The van der Waals surface area contributed by atoms with Gasteiger partial charge in [-0.05, 0) is 36.8 Å². The van der Waals surface area contributed by atoms with Gasteiger partial charge in [-0.25, -0.2) is 0 Å². The van der Waals surface area contributed by atoms with Crippen LogP contribution in [0.15, 0.2) is 70.0 Å². The van der Waals surface area contributed by atoms with Crippen LogP contribution in [0.2, 0.25) is 0 Å². The first-order chi connectivity index (χ1) is 12.8. The van der Waals surface area contributed by atoms with Crippen LogP contribution in [0.25, 0.3) is 0 Å². The van der Waals surface area contributed by atoms with E-state index >= 15 is 0 Å². The normalized spacial score (nSPS) is 13.0. The Morgan fingerprint density at radius 1 is 1.00 bits per heavy atom. The Bertz CT molecular complexity index is 827. The summed E-state index contributed by atoms with van der Waals surface area (Å²) in [5, 5.41) is 18.5. The van der Waals surface area contributed by atoms with Crippen LogP contribution in [-0.4, -0.2) is 6.04 Å². The third-order valence-corrected chi connectivity index (χ3v) is 5.63. The maximum atomic E-state index is 9.27. The molecule has 3 nitrogen and oxygen atoms in total. The summed E-state index contributed by atoms with van der Waals surface area (Å²) in [6, 6.07) is 20.7. The van der Waals surface area contributed by atoms with Gasteiger partial charge in [0.25, 0.3) is 0 Å². The molecule has 0 spiro atoms. The standard InChI is InChI=1S/C22H21N3S/c1-2-3-4-9-18(14-17(15-23)16-24)25-19-10-5-7-12-21(19)26-22-13-8-6-11-20(22)25/h5-8,10-14,18H,2-4,9H2,1H3. The van der Waals surface area contributed by atoms with Gasteiger partial charge in [0.15, 0.2) is 0 Å². The molecule has 2 aromatic rings. The fourth-order valence-corrected chi connectivity index (χ4v) is 4.34. The molecule has 0 fully saturated rings. The van der Waals surface area contributed by atoms with Crippen molar-refractivity contribution in [3.8, 4) is 12.1 Å². The fourth-order valence-electron chi connectivity index (χ4n) is 3.27. The summed E-state index contributed by atoms with van der Waals surface area (Å²) in [6.07, 6.45) is 6.09. The number of anilines is 2. The minimum Gasteiger partial charge on any atom is -0.333 e. The molecular formula is C22H21N3S. The molecule has 0 saturated carbocycles. The number of nitrogens with zero attached hydrogens (tertiary/aromatic N) is 3. The number of hydrogen-bond acceptors (Lipinski definition) is 4. The van der Waals surface area contributed by atoms with Crippen molar-refractivity contribution in [1.29, 1.82) is 10.5 Å². The van der Waals surface area contributed by atoms with E-state index in [2.05, 4.69) is 48.2 Å². The predicted octanol–water partition coefficient (Wildman–Crippen LogP) is 6.21. The molecule has 2 aromatic carbocycles. The Balaban J connectivity index is 2.09. The number of hydrogen-bond donors (Lipinski definition) is 0. The van der Waals surface area contributed by atoms with Crippen molar-refractivity contribution in [2.45, 2.75) is 48.4 Å². The Kier molecular flexibility index (Phi) is 6.00. The molecule has 0 saturated heterocycles. The first kappa shape index (κ1) is 18.1. The lowest BCUT2D eigenvalue weighted by Crippen LogP contribution is -2.32. The van der Waals surface area contributed by atoms with E-state index in [1.54, 1.807) is 11.8 Å². The summed E-state index contributed by atoms with van der Waals surface area (Å²) in [6.45, 7) is 2.18. The van der Waals surface area contributed by atoms with Crippen molar-refractivity contribution in [2.75, 3.05) is 4.90 Å². The average Bonchev–Trinajstić information content (AvgIpc) is 2.69. The summed E-state index contributed by atoms with van der Waals surface area (Å²) in [4.78, 5) is 4.71. The molecule has 0 radical (unpaired) electrons. The molecule has 0 amide bonds. The molecule has 1 aliphatic rings. The summed E-state index contributed by atoms with van der Waals surface area (Å²) < 4.78 is 0. The van der Waals surface area contributed by atoms with Crippen molar-refractivity contribution >= 4 is 23.1 Å². The second-order valence-corrected chi connectivity index (χ2v) is 7.36. The molecular weight excluding hydrogens is 338 g/mol. The lowest BCUT2D eigenvalue weighted by Gasteiger charge is -2.37. The van der Waals surface area contributed by atoms with Gasteiger partial charge in [0.2, 0.25) is 0 Å². The zero-order chi connectivity index (χ0) is 18.4. The number of allylic oxidation sites excluding steroid dienone is 1. The Labute approximate surface area is 159 Å². The van der Waals surface area contributed by atoms with Crippen molar-refractivity contribution < 1.29 is 0 Å². The van der Waals surface area contributed by atoms with Crippen LogP contribution in [0.1, 0.15) is 32.6 Å². The predicted molar refractivity (Wildman–Crippen MR) is 106 cm³/mol. The SMILES string of the molecule is CCCCCC(C=C(C#N)C#N)N1c2ccccc2Sc2ccccc21. The molecule has 1 unspecified atom stereocenters. The zero-order valence-electron chi connectivity index (χ0n) is 14.9. The van der Waals surface area contributed by atoms with Crippen LogP contribution < -0.4 is 4.90 Å². The highest BCUT2D eigenvalue weighted by molar-refractivity contribution is 7.99. The van der Waals surface area contributed by atoms with Gasteiger partial charge in [0.1, 0.15) is 17.7 Å². The van der Waals surface area contributed by atoms with Crippen LogP contribution in [-0.2, 0) is 0 Å². The number of benzene rings is 2. The third-order valence-electron chi connectivity index (χ3n) is 4.50. The van der Waals surface area contributed by atoms with Crippen LogP contribution in [0, 0.1) is 22.7 Å². The van der Waals surface area contributed by atoms with Gasteiger partial charge in [-0.1, -0.05) is 62.2 Å². The minimum atomic E-state index is -0.0148. The second kappa shape index (κ2) is 8.61. The van der Waals surface area contributed by atoms with Gasteiger partial charge < -0.3 is 4.90 Å². The molecule has 4 heteroatoms. The van der Waals surface area contributed by atoms with Crippen LogP contribution in [0.4, 0.5) is 11.4 Å². The third kappa shape index (κ3) is 3.77. The largest absolute Gasteiger partial charge is 0.333 e. The molecule has 26 heavy (non-hydrogen) atoms. The van der Waals surface area contributed by atoms with Gasteiger partial charge in [-0.15, -0.1) is 0 Å². The van der Waals surface area contributed by atoms with E-state index in [-0.39, 0.29) is 11.6 Å². The summed E-state index contributed by atoms with van der Waals surface area (Å²) in [5.74, 6) is 0. The van der Waals surface area contributed by atoms with Crippen molar-refractivity contribution in [2.24, 2.45) is 0 Å². The van der Waals surface area contributed by atoms with Gasteiger partial charge in [-0.2, -0.15) is 10.5 Å². The summed E-state index contributed by atoms with van der Waals surface area (Å²) >= 11 is 1.77. The summed E-state index contributed by atoms with van der Waals surface area (Å²) in [7, 11) is 0. The Morgan fingerprint density at radius 2 is 1.58 bits per heavy atom. The fraction of sp³-hybridized carbons (Fsp3) is 0.273. The monoisotopic (exact) mass is 359 g/mol. The Morgan fingerprint density at radius 3 is 2.12 bits per heavy atom. The smallest absolute Gasteiger partial charge is 0.127 e. The van der Waals surface area contributed by atoms with Crippen molar-refractivity contribution in [3.05, 3.63) is 60.2 Å². The molecule has 1 atom stereocenters. The molecule has 130 valence electrons. The van der Waals surface area contributed by atoms with Gasteiger partial charge in [-0.3, -0.25) is 0 Å². The van der Waals surface area contributed by atoms with Gasteiger partial charge >= 0.3 is 0 Å². The lowest BCUT2D eigenvalue weighted by atomic mass is 10.0. The number of unbranched alkanes of at least 4 members (excludes halogenated alkanes) is 2. The first-order valence-electron chi connectivity index (χ1n) is 8.95.